The summed E-state index contributed by atoms with van der Waals surface area (Å²) in [5.74, 6) is -0.250. The molecule has 0 aromatic rings. The fraction of sp³-hybridized carbons (Fsp3) is 0.583. The Morgan fingerprint density at radius 1 is 1.47 bits per heavy atom. The maximum atomic E-state index is 11.3. The molecule has 0 aromatic heterocycles. The number of fused-ring (bicyclic) bond motifs is 1. The molecule has 3 heteroatoms. The molecule has 0 saturated heterocycles. The van der Waals surface area contributed by atoms with Gasteiger partial charge in [0.1, 0.15) is 0 Å². The van der Waals surface area contributed by atoms with Crippen molar-refractivity contribution in [3.05, 3.63) is 23.5 Å². The van der Waals surface area contributed by atoms with Gasteiger partial charge < -0.3 is 10.2 Å². The number of rotatable bonds is 0. The molecule has 0 aromatic carbocycles. The van der Waals surface area contributed by atoms with Crippen molar-refractivity contribution in [1.82, 2.24) is 0 Å². The fourth-order valence-corrected chi connectivity index (χ4v) is 2.55. The molecule has 2 rings (SSSR count). The lowest BCUT2D eigenvalue weighted by molar-refractivity contribution is -0.114. The first-order valence-electron chi connectivity index (χ1n) is 5.31. The molecule has 0 spiro atoms. The van der Waals surface area contributed by atoms with E-state index in [4.69, 9.17) is 0 Å². The molecule has 1 saturated carbocycles. The Kier molecular flexibility index (Phi) is 2.23. The van der Waals surface area contributed by atoms with Gasteiger partial charge in [-0.15, -0.1) is 0 Å². The van der Waals surface area contributed by atoms with Crippen LogP contribution in [0.5, 0.6) is 0 Å². The van der Waals surface area contributed by atoms with Gasteiger partial charge in [-0.25, -0.2) is 0 Å². The minimum absolute atomic E-state index is 0.192. The number of aliphatic hydroxyl groups is 2. The number of carbonyl (C=O) groups excluding carboxylic acids is 1. The Bertz CT molecular complexity index is 367. The molecule has 2 aliphatic carbocycles. The molecular weight excluding hydrogens is 192 g/mol. The minimum Gasteiger partial charge on any atom is -0.504 e. The van der Waals surface area contributed by atoms with Crippen molar-refractivity contribution < 1.29 is 15.0 Å². The van der Waals surface area contributed by atoms with E-state index in [1.54, 1.807) is 6.08 Å². The predicted molar refractivity (Wildman–Crippen MR) is 56.3 cm³/mol. The molecule has 3 atom stereocenters. The van der Waals surface area contributed by atoms with Gasteiger partial charge in [-0.3, -0.25) is 4.79 Å². The Morgan fingerprint density at radius 3 is 2.80 bits per heavy atom. The lowest BCUT2D eigenvalue weighted by Crippen LogP contribution is -2.40. The van der Waals surface area contributed by atoms with Crippen LogP contribution in [0.25, 0.3) is 0 Å². The quantitative estimate of drug-likeness (QED) is 0.637. The van der Waals surface area contributed by atoms with Crippen LogP contribution in [0.2, 0.25) is 0 Å². The fourth-order valence-electron chi connectivity index (χ4n) is 2.55. The lowest BCUT2D eigenvalue weighted by Gasteiger charge is -2.43. The Balaban J connectivity index is 2.49. The van der Waals surface area contributed by atoms with Gasteiger partial charge in [-0.05, 0) is 36.5 Å². The third-order valence-corrected chi connectivity index (χ3v) is 3.85. The number of carbonyl (C=O) groups is 1. The summed E-state index contributed by atoms with van der Waals surface area (Å²) in [6, 6.07) is 0. The smallest absolute Gasteiger partial charge is 0.219 e. The van der Waals surface area contributed by atoms with Crippen molar-refractivity contribution in [1.29, 1.82) is 0 Å². The molecule has 0 aliphatic heterocycles. The van der Waals surface area contributed by atoms with Crippen molar-refractivity contribution in [2.24, 2.45) is 11.3 Å². The average Bonchev–Trinajstić information content (AvgIpc) is 2.17. The van der Waals surface area contributed by atoms with E-state index < -0.39 is 11.9 Å². The van der Waals surface area contributed by atoms with E-state index in [0.717, 1.165) is 12.0 Å². The van der Waals surface area contributed by atoms with Crippen LogP contribution in [0.1, 0.15) is 26.7 Å². The van der Waals surface area contributed by atoms with Crippen molar-refractivity contribution in [3.8, 4) is 0 Å². The predicted octanol–water partition coefficient (Wildman–Crippen LogP) is 1.73. The van der Waals surface area contributed by atoms with Gasteiger partial charge in [0.25, 0.3) is 0 Å². The van der Waals surface area contributed by atoms with Crippen LogP contribution in [-0.4, -0.2) is 22.1 Å². The van der Waals surface area contributed by atoms with E-state index in [-0.39, 0.29) is 11.2 Å². The zero-order valence-corrected chi connectivity index (χ0v) is 9.03. The van der Waals surface area contributed by atoms with Crippen LogP contribution < -0.4 is 0 Å². The van der Waals surface area contributed by atoms with E-state index in [1.807, 2.05) is 6.92 Å². The Hall–Kier alpha value is -1.09. The molecule has 1 fully saturated rings. The zero-order chi connectivity index (χ0) is 11.2. The summed E-state index contributed by atoms with van der Waals surface area (Å²) in [5.41, 5.74) is 0.388. The number of ketones is 1. The number of aliphatic hydroxyl groups excluding tert-OH is 2. The standard InChI is InChI=1S/C12H16O3/c1-7-3-4-9(13)8-5-10(14)11(15)6-12(7,8)2/h5-7,9,13,15H,3-4H2,1-2H3/t7-,9+,12+/m0/s1. The van der Waals surface area contributed by atoms with E-state index in [0.29, 0.717) is 12.3 Å². The summed E-state index contributed by atoms with van der Waals surface area (Å²) in [7, 11) is 0. The van der Waals surface area contributed by atoms with Crippen molar-refractivity contribution in [3.63, 3.8) is 0 Å². The highest BCUT2D eigenvalue weighted by Gasteiger charge is 2.43. The third kappa shape index (κ3) is 1.42. The van der Waals surface area contributed by atoms with Crippen molar-refractivity contribution in [2.45, 2.75) is 32.8 Å². The molecule has 3 nitrogen and oxygen atoms in total. The second-order valence-electron chi connectivity index (χ2n) is 4.77. The second kappa shape index (κ2) is 3.20. The van der Waals surface area contributed by atoms with Gasteiger partial charge in [-0.1, -0.05) is 13.8 Å². The number of allylic oxidation sites excluding steroid dienone is 2. The Morgan fingerprint density at radius 2 is 2.13 bits per heavy atom. The molecule has 15 heavy (non-hydrogen) atoms. The molecule has 0 heterocycles. The molecule has 2 N–H and O–H groups in total. The SMILES string of the molecule is C[C@H]1CC[C@@H](O)C2=CC(=O)C(O)=C[C@@]21C. The maximum absolute atomic E-state index is 11.3. The summed E-state index contributed by atoms with van der Waals surface area (Å²) in [6.45, 7) is 4.05. The van der Waals surface area contributed by atoms with Crippen LogP contribution in [0, 0.1) is 11.3 Å². The van der Waals surface area contributed by atoms with Crippen molar-refractivity contribution >= 4 is 5.78 Å². The van der Waals surface area contributed by atoms with Crippen LogP contribution >= 0.6 is 0 Å². The van der Waals surface area contributed by atoms with Gasteiger partial charge in [0.05, 0.1) is 6.10 Å². The summed E-state index contributed by atoms with van der Waals surface area (Å²) >= 11 is 0. The van der Waals surface area contributed by atoms with Crippen LogP contribution in [0.3, 0.4) is 0 Å². The van der Waals surface area contributed by atoms with Crippen LogP contribution in [0.4, 0.5) is 0 Å². The first kappa shape index (κ1) is 10.4. The number of hydrogen-bond acceptors (Lipinski definition) is 3. The molecule has 0 unspecified atom stereocenters. The second-order valence-corrected chi connectivity index (χ2v) is 4.77. The summed E-state index contributed by atoms with van der Waals surface area (Å²) in [6.07, 6.45) is 4.06. The Labute approximate surface area is 89.1 Å². The van der Waals surface area contributed by atoms with Gasteiger partial charge >= 0.3 is 0 Å². The first-order valence-corrected chi connectivity index (χ1v) is 5.31. The summed E-state index contributed by atoms with van der Waals surface area (Å²) in [4.78, 5) is 11.3. The van der Waals surface area contributed by atoms with Crippen molar-refractivity contribution in [2.75, 3.05) is 0 Å². The van der Waals surface area contributed by atoms with E-state index in [9.17, 15) is 15.0 Å². The van der Waals surface area contributed by atoms with Gasteiger partial charge in [0, 0.05) is 5.41 Å². The number of hydrogen-bond donors (Lipinski definition) is 2. The molecule has 0 amide bonds. The highest BCUT2D eigenvalue weighted by Crippen LogP contribution is 2.48. The molecule has 2 aliphatic rings. The van der Waals surface area contributed by atoms with E-state index in [1.165, 1.54) is 6.08 Å². The molecule has 82 valence electrons. The molecule has 0 bridgehead atoms. The highest BCUT2D eigenvalue weighted by atomic mass is 16.3. The maximum Gasteiger partial charge on any atom is 0.219 e. The molecule has 0 radical (unpaired) electrons. The largest absolute Gasteiger partial charge is 0.504 e. The summed E-state index contributed by atoms with van der Waals surface area (Å²) < 4.78 is 0. The average molecular weight is 208 g/mol. The van der Waals surface area contributed by atoms with E-state index in [2.05, 4.69) is 6.92 Å². The minimum atomic E-state index is -0.542. The van der Waals surface area contributed by atoms with Crippen LogP contribution in [0.15, 0.2) is 23.5 Å². The van der Waals surface area contributed by atoms with E-state index >= 15 is 0 Å². The van der Waals surface area contributed by atoms with Gasteiger partial charge in [-0.2, -0.15) is 0 Å². The van der Waals surface area contributed by atoms with Gasteiger partial charge in [0.15, 0.2) is 5.76 Å². The first-order chi connectivity index (χ1) is 6.95. The third-order valence-electron chi connectivity index (χ3n) is 3.85. The topological polar surface area (TPSA) is 57.5 Å². The normalized spacial score (nSPS) is 40.6. The molecular formula is C12H16O3. The zero-order valence-electron chi connectivity index (χ0n) is 9.03. The highest BCUT2D eigenvalue weighted by molar-refractivity contribution is 6.04. The van der Waals surface area contributed by atoms with Crippen LogP contribution in [-0.2, 0) is 4.79 Å². The van der Waals surface area contributed by atoms with Gasteiger partial charge in [0.2, 0.25) is 5.78 Å². The lowest BCUT2D eigenvalue weighted by atomic mass is 9.62. The summed E-state index contributed by atoms with van der Waals surface area (Å²) in [5, 5.41) is 19.3. The monoisotopic (exact) mass is 208 g/mol.